The van der Waals surface area contributed by atoms with Crippen LogP contribution in [-0.2, 0) is 13.1 Å². The maximum Gasteiger partial charge on any atom is 0.0493 e. The van der Waals surface area contributed by atoms with E-state index in [1.54, 1.807) is 0 Å². The summed E-state index contributed by atoms with van der Waals surface area (Å²) in [5.41, 5.74) is 5.08. The molecule has 1 aromatic heterocycles. The Bertz CT molecular complexity index is 956. The van der Waals surface area contributed by atoms with Crippen LogP contribution < -0.4 is 5.32 Å². The molecule has 1 saturated carbocycles. The average molecular weight is 452 g/mol. The Balaban J connectivity index is 0.00000240. The highest BCUT2D eigenvalue weighted by Gasteiger charge is 2.17. The van der Waals surface area contributed by atoms with Gasteiger partial charge in [0.2, 0.25) is 0 Å². The van der Waals surface area contributed by atoms with Crippen LogP contribution >= 0.6 is 35.6 Å². The van der Waals surface area contributed by atoms with Crippen LogP contribution in [0.25, 0.3) is 10.9 Å². The summed E-state index contributed by atoms with van der Waals surface area (Å²) in [6.07, 6.45) is 8.09. The van der Waals surface area contributed by atoms with Gasteiger partial charge in [-0.05, 0) is 49.1 Å². The third-order valence-corrected chi connectivity index (χ3v) is 6.71. The number of hydrogen-bond donors (Lipinski definition) is 1. The highest BCUT2D eigenvalue weighted by molar-refractivity contribution is 6.35. The predicted molar refractivity (Wildman–Crippen MR) is 128 cm³/mol. The standard InChI is InChI=1S/C24H28Cl2N2.ClH/c1-17-22(15-27-20-8-4-2-3-5-9-20)21-10-6-7-11-24(21)28(17)16-18-12-13-19(25)14-23(18)26;/h6-7,10-14,20,27H,2-5,8-9,15-16H2,1H3;1H. The molecule has 5 heteroatoms. The molecule has 1 fully saturated rings. The molecular weight excluding hydrogens is 423 g/mol. The second-order valence-electron chi connectivity index (χ2n) is 7.97. The minimum Gasteiger partial charge on any atom is -0.340 e. The van der Waals surface area contributed by atoms with Crippen molar-refractivity contribution in [1.29, 1.82) is 0 Å². The average Bonchev–Trinajstić information content (AvgIpc) is 2.84. The predicted octanol–water partition coefficient (Wildman–Crippen LogP) is 7.54. The summed E-state index contributed by atoms with van der Waals surface area (Å²) in [5, 5.41) is 6.59. The van der Waals surface area contributed by atoms with E-state index in [9.17, 15) is 0 Å². The number of nitrogens with zero attached hydrogens (tertiary/aromatic N) is 1. The van der Waals surface area contributed by atoms with Crippen LogP contribution in [-0.4, -0.2) is 10.6 Å². The van der Waals surface area contributed by atoms with Crippen LogP contribution in [0, 0.1) is 6.92 Å². The first-order valence-electron chi connectivity index (χ1n) is 10.4. The van der Waals surface area contributed by atoms with Gasteiger partial charge in [0.05, 0.1) is 0 Å². The molecule has 0 unspecified atom stereocenters. The minimum absolute atomic E-state index is 0. The van der Waals surface area contributed by atoms with Crippen molar-refractivity contribution >= 4 is 46.5 Å². The molecule has 1 heterocycles. The van der Waals surface area contributed by atoms with Gasteiger partial charge in [-0.15, -0.1) is 12.4 Å². The topological polar surface area (TPSA) is 17.0 Å². The van der Waals surface area contributed by atoms with Gasteiger partial charge in [-0.1, -0.05) is 73.2 Å². The second kappa shape index (κ2) is 10.2. The third kappa shape index (κ3) is 5.11. The van der Waals surface area contributed by atoms with Crippen LogP contribution in [0.2, 0.25) is 10.0 Å². The third-order valence-electron chi connectivity index (χ3n) is 6.13. The number of benzene rings is 2. The fraction of sp³-hybridized carbons (Fsp3) is 0.417. The van der Waals surface area contributed by atoms with Crippen LogP contribution in [0.15, 0.2) is 42.5 Å². The maximum absolute atomic E-state index is 6.46. The molecule has 1 aliphatic carbocycles. The fourth-order valence-corrected chi connectivity index (χ4v) is 4.95. The Morgan fingerprint density at radius 1 is 1.00 bits per heavy atom. The van der Waals surface area contributed by atoms with E-state index in [1.807, 2.05) is 18.2 Å². The van der Waals surface area contributed by atoms with E-state index < -0.39 is 0 Å². The number of fused-ring (bicyclic) bond motifs is 1. The molecule has 0 aliphatic heterocycles. The molecule has 0 amide bonds. The number of aromatic nitrogens is 1. The van der Waals surface area contributed by atoms with Crippen molar-refractivity contribution in [1.82, 2.24) is 9.88 Å². The van der Waals surface area contributed by atoms with Gasteiger partial charge in [-0.25, -0.2) is 0 Å². The van der Waals surface area contributed by atoms with Crippen molar-refractivity contribution in [2.45, 2.75) is 64.6 Å². The van der Waals surface area contributed by atoms with Crippen molar-refractivity contribution in [2.75, 3.05) is 0 Å². The van der Waals surface area contributed by atoms with Gasteiger partial charge < -0.3 is 9.88 Å². The van der Waals surface area contributed by atoms with Crippen LogP contribution in [0.5, 0.6) is 0 Å². The number of para-hydroxylation sites is 1. The van der Waals surface area contributed by atoms with Crippen molar-refractivity contribution in [2.24, 2.45) is 0 Å². The minimum atomic E-state index is 0. The monoisotopic (exact) mass is 450 g/mol. The quantitative estimate of drug-likeness (QED) is 0.396. The van der Waals surface area contributed by atoms with Crippen LogP contribution in [0.4, 0.5) is 0 Å². The summed E-state index contributed by atoms with van der Waals surface area (Å²) in [6, 6.07) is 15.1. The summed E-state index contributed by atoms with van der Waals surface area (Å²) in [4.78, 5) is 0. The number of rotatable bonds is 5. The van der Waals surface area contributed by atoms with Gasteiger partial charge in [-0.2, -0.15) is 0 Å². The molecule has 0 bridgehead atoms. The molecule has 0 atom stereocenters. The Hall–Kier alpha value is -1.19. The zero-order valence-corrected chi connectivity index (χ0v) is 19.2. The van der Waals surface area contributed by atoms with Gasteiger partial charge in [0.1, 0.15) is 0 Å². The SMILES string of the molecule is Cc1c(CNC2CCCCCC2)c2ccccc2n1Cc1ccc(Cl)cc1Cl.Cl. The normalized spacial score (nSPS) is 15.3. The fourth-order valence-electron chi connectivity index (χ4n) is 4.48. The van der Waals surface area contributed by atoms with Gasteiger partial charge in [0.25, 0.3) is 0 Å². The number of hydrogen-bond acceptors (Lipinski definition) is 1. The van der Waals surface area contributed by atoms with E-state index >= 15 is 0 Å². The van der Waals surface area contributed by atoms with E-state index in [2.05, 4.69) is 41.1 Å². The molecule has 1 aliphatic rings. The Labute approximate surface area is 190 Å². The molecule has 4 rings (SSSR count). The van der Waals surface area contributed by atoms with E-state index in [0.29, 0.717) is 11.1 Å². The summed E-state index contributed by atoms with van der Waals surface area (Å²) in [5.74, 6) is 0. The molecule has 0 radical (unpaired) electrons. The maximum atomic E-state index is 6.46. The first-order chi connectivity index (χ1) is 13.6. The van der Waals surface area contributed by atoms with Gasteiger partial charge in [0, 0.05) is 45.8 Å². The lowest BCUT2D eigenvalue weighted by atomic mass is 10.1. The molecule has 0 spiro atoms. The van der Waals surface area contributed by atoms with E-state index in [-0.39, 0.29) is 12.4 Å². The van der Waals surface area contributed by atoms with Crippen molar-refractivity contribution < 1.29 is 0 Å². The van der Waals surface area contributed by atoms with Gasteiger partial charge in [-0.3, -0.25) is 0 Å². The highest BCUT2D eigenvalue weighted by atomic mass is 35.5. The van der Waals surface area contributed by atoms with Gasteiger partial charge >= 0.3 is 0 Å². The lowest BCUT2D eigenvalue weighted by Gasteiger charge is -2.16. The number of nitrogens with one attached hydrogen (secondary N) is 1. The molecule has 2 aromatic carbocycles. The molecule has 1 N–H and O–H groups in total. The smallest absolute Gasteiger partial charge is 0.0493 e. The second-order valence-corrected chi connectivity index (χ2v) is 8.82. The van der Waals surface area contributed by atoms with Crippen molar-refractivity contribution in [3.05, 3.63) is 69.3 Å². The van der Waals surface area contributed by atoms with E-state index in [0.717, 1.165) is 23.7 Å². The van der Waals surface area contributed by atoms with E-state index in [4.69, 9.17) is 23.2 Å². The summed E-state index contributed by atoms with van der Waals surface area (Å²) >= 11 is 12.5. The Morgan fingerprint density at radius 3 is 2.45 bits per heavy atom. The molecule has 2 nitrogen and oxygen atoms in total. The molecule has 0 saturated heterocycles. The lowest BCUT2D eigenvalue weighted by Crippen LogP contribution is -2.28. The van der Waals surface area contributed by atoms with Crippen molar-refractivity contribution in [3.63, 3.8) is 0 Å². The molecular formula is C24H29Cl3N2. The van der Waals surface area contributed by atoms with Crippen LogP contribution in [0.1, 0.15) is 55.3 Å². The first kappa shape index (κ1) is 22.5. The molecule has 29 heavy (non-hydrogen) atoms. The molecule has 156 valence electrons. The largest absolute Gasteiger partial charge is 0.340 e. The summed E-state index contributed by atoms with van der Waals surface area (Å²) < 4.78 is 2.38. The molecule has 3 aromatic rings. The van der Waals surface area contributed by atoms with Crippen molar-refractivity contribution in [3.8, 4) is 0 Å². The van der Waals surface area contributed by atoms with E-state index in [1.165, 1.54) is 60.7 Å². The van der Waals surface area contributed by atoms with Gasteiger partial charge in [0.15, 0.2) is 0 Å². The Morgan fingerprint density at radius 2 is 1.72 bits per heavy atom. The zero-order chi connectivity index (χ0) is 19.5. The summed E-state index contributed by atoms with van der Waals surface area (Å²) in [6.45, 7) is 3.91. The highest BCUT2D eigenvalue weighted by Crippen LogP contribution is 2.29. The summed E-state index contributed by atoms with van der Waals surface area (Å²) in [7, 11) is 0. The number of halogens is 3. The first-order valence-corrected chi connectivity index (χ1v) is 11.1. The lowest BCUT2D eigenvalue weighted by molar-refractivity contribution is 0.459. The zero-order valence-electron chi connectivity index (χ0n) is 16.9. The van der Waals surface area contributed by atoms with Crippen LogP contribution in [0.3, 0.4) is 0 Å². The Kier molecular flexibility index (Phi) is 7.92.